The van der Waals surface area contributed by atoms with Crippen LogP contribution < -0.4 is 10.2 Å². The SMILES string of the molecule is CCCN[C@@H]1CCCc2c(-c3ccc4c(c3)CCC(=O)N4C)cncc21. The Hall–Kier alpha value is -2.20. The van der Waals surface area contributed by atoms with E-state index in [9.17, 15) is 4.79 Å². The molecular weight excluding hydrogens is 322 g/mol. The summed E-state index contributed by atoms with van der Waals surface area (Å²) in [6.07, 6.45) is 10.2. The molecule has 0 spiro atoms. The quantitative estimate of drug-likeness (QED) is 0.906. The monoisotopic (exact) mass is 349 g/mol. The van der Waals surface area contributed by atoms with E-state index in [1.165, 1.54) is 40.7 Å². The van der Waals surface area contributed by atoms with Crippen molar-refractivity contribution in [3.05, 3.63) is 47.3 Å². The summed E-state index contributed by atoms with van der Waals surface area (Å²) >= 11 is 0. The number of anilines is 1. The van der Waals surface area contributed by atoms with E-state index in [1.807, 2.05) is 13.2 Å². The van der Waals surface area contributed by atoms with Gasteiger partial charge < -0.3 is 10.2 Å². The molecule has 4 nitrogen and oxygen atoms in total. The zero-order chi connectivity index (χ0) is 18.1. The van der Waals surface area contributed by atoms with Gasteiger partial charge in [0.05, 0.1) is 0 Å². The number of aryl methyl sites for hydroxylation is 1. The number of nitrogens with zero attached hydrogens (tertiary/aromatic N) is 2. The van der Waals surface area contributed by atoms with Crippen molar-refractivity contribution in [1.29, 1.82) is 0 Å². The van der Waals surface area contributed by atoms with Crippen LogP contribution in [0.1, 0.15) is 55.3 Å². The van der Waals surface area contributed by atoms with Crippen molar-refractivity contribution in [3.63, 3.8) is 0 Å². The third-order valence-electron chi connectivity index (χ3n) is 5.76. The summed E-state index contributed by atoms with van der Waals surface area (Å²) in [4.78, 5) is 18.3. The summed E-state index contributed by atoms with van der Waals surface area (Å²) in [5, 5.41) is 3.68. The average Bonchev–Trinajstić information content (AvgIpc) is 2.68. The zero-order valence-corrected chi connectivity index (χ0v) is 15.7. The van der Waals surface area contributed by atoms with Crippen LogP contribution in [0.3, 0.4) is 0 Å². The van der Waals surface area contributed by atoms with E-state index in [1.54, 1.807) is 4.90 Å². The number of nitrogens with one attached hydrogen (secondary N) is 1. The Kier molecular flexibility index (Phi) is 4.77. The molecule has 26 heavy (non-hydrogen) atoms. The fourth-order valence-corrected chi connectivity index (χ4v) is 4.32. The molecule has 1 N–H and O–H groups in total. The number of hydrogen-bond acceptors (Lipinski definition) is 3. The van der Waals surface area contributed by atoms with Crippen molar-refractivity contribution in [2.45, 2.75) is 51.5 Å². The molecule has 1 atom stereocenters. The fraction of sp³-hybridized carbons (Fsp3) is 0.455. The number of hydrogen-bond donors (Lipinski definition) is 1. The minimum absolute atomic E-state index is 0.203. The highest BCUT2D eigenvalue weighted by Gasteiger charge is 2.24. The van der Waals surface area contributed by atoms with Crippen LogP contribution in [0.25, 0.3) is 11.1 Å². The number of pyridine rings is 1. The largest absolute Gasteiger partial charge is 0.315 e. The highest BCUT2D eigenvalue weighted by atomic mass is 16.2. The summed E-state index contributed by atoms with van der Waals surface area (Å²) in [6.45, 7) is 3.26. The second-order valence-corrected chi connectivity index (χ2v) is 7.45. The van der Waals surface area contributed by atoms with Gasteiger partial charge in [-0.25, -0.2) is 0 Å². The molecule has 0 unspecified atom stereocenters. The maximum absolute atomic E-state index is 11.9. The van der Waals surface area contributed by atoms with Gasteiger partial charge in [-0.1, -0.05) is 13.0 Å². The first-order valence-electron chi connectivity index (χ1n) is 9.79. The minimum atomic E-state index is 0.203. The molecule has 1 aromatic heterocycles. The molecule has 2 aromatic rings. The van der Waals surface area contributed by atoms with E-state index >= 15 is 0 Å². The third kappa shape index (κ3) is 3.03. The van der Waals surface area contributed by atoms with Crippen molar-refractivity contribution in [3.8, 4) is 11.1 Å². The van der Waals surface area contributed by atoms with E-state index in [0.29, 0.717) is 12.5 Å². The molecule has 4 heteroatoms. The zero-order valence-electron chi connectivity index (χ0n) is 15.7. The first kappa shape index (κ1) is 17.2. The Morgan fingerprint density at radius 2 is 2.12 bits per heavy atom. The number of aromatic nitrogens is 1. The number of rotatable bonds is 4. The number of fused-ring (bicyclic) bond motifs is 2. The average molecular weight is 349 g/mol. The normalized spacial score (nSPS) is 19.2. The topological polar surface area (TPSA) is 45.2 Å². The lowest BCUT2D eigenvalue weighted by molar-refractivity contribution is -0.118. The predicted molar refractivity (Wildman–Crippen MR) is 105 cm³/mol. The molecule has 0 fully saturated rings. The summed E-state index contributed by atoms with van der Waals surface area (Å²) in [5.74, 6) is 0.203. The van der Waals surface area contributed by atoms with Gasteiger partial charge in [-0.05, 0) is 73.0 Å². The second-order valence-electron chi connectivity index (χ2n) is 7.45. The van der Waals surface area contributed by atoms with E-state index in [-0.39, 0.29) is 5.91 Å². The van der Waals surface area contributed by atoms with Gasteiger partial charge in [0.15, 0.2) is 0 Å². The van der Waals surface area contributed by atoms with Gasteiger partial charge in [-0.15, -0.1) is 0 Å². The van der Waals surface area contributed by atoms with Crippen LogP contribution in [-0.4, -0.2) is 24.5 Å². The third-order valence-corrected chi connectivity index (χ3v) is 5.76. The van der Waals surface area contributed by atoms with Gasteiger partial charge in [0.2, 0.25) is 5.91 Å². The van der Waals surface area contributed by atoms with Crippen LogP contribution in [-0.2, 0) is 17.6 Å². The van der Waals surface area contributed by atoms with Crippen LogP contribution in [0.15, 0.2) is 30.6 Å². The Labute approximate surface area is 155 Å². The maximum atomic E-state index is 11.9. The molecule has 2 aliphatic rings. The van der Waals surface area contributed by atoms with E-state index < -0.39 is 0 Å². The molecule has 1 amide bonds. The van der Waals surface area contributed by atoms with E-state index in [2.05, 4.69) is 41.6 Å². The van der Waals surface area contributed by atoms with Gasteiger partial charge in [0.1, 0.15) is 0 Å². The molecule has 136 valence electrons. The lowest BCUT2D eigenvalue weighted by Crippen LogP contribution is -2.31. The molecule has 0 radical (unpaired) electrons. The molecule has 0 saturated carbocycles. The number of carbonyl (C=O) groups is 1. The molecular formula is C22H27N3O. The van der Waals surface area contributed by atoms with Crippen LogP contribution >= 0.6 is 0 Å². The van der Waals surface area contributed by atoms with Crippen molar-refractivity contribution in [2.75, 3.05) is 18.5 Å². The van der Waals surface area contributed by atoms with Crippen LogP contribution in [0.2, 0.25) is 0 Å². The Bertz CT molecular complexity index is 830. The van der Waals surface area contributed by atoms with Crippen molar-refractivity contribution in [1.82, 2.24) is 10.3 Å². The van der Waals surface area contributed by atoms with E-state index in [4.69, 9.17) is 0 Å². The highest BCUT2D eigenvalue weighted by molar-refractivity contribution is 5.96. The van der Waals surface area contributed by atoms with Gasteiger partial charge in [0, 0.05) is 43.2 Å². The van der Waals surface area contributed by atoms with Gasteiger partial charge in [-0.3, -0.25) is 9.78 Å². The number of benzene rings is 1. The molecule has 1 aliphatic heterocycles. The Balaban J connectivity index is 1.72. The smallest absolute Gasteiger partial charge is 0.227 e. The van der Waals surface area contributed by atoms with Gasteiger partial charge >= 0.3 is 0 Å². The van der Waals surface area contributed by atoms with Crippen molar-refractivity contribution >= 4 is 11.6 Å². The first-order valence-corrected chi connectivity index (χ1v) is 9.79. The summed E-state index contributed by atoms with van der Waals surface area (Å²) < 4.78 is 0. The molecule has 4 rings (SSSR count). The van der Waals surface area contributed by atoms with Gasteiger partial charge in [-0.2, -0.15) is 0 Å². The summed E-state index contributed by atoms with van der Waals surface area (Å²) in [6, 6.07) is 6.93. The maximum Gasteiger partial charge on any atom is 0.227 e. The van der Waals surface area contributed by atoms with Crippen LogP contribution in [0.4, 0.5) is 5.69 Å². The lowest BCUT2D eigenvalue weighted by Gasteiger charge is -2.29. The Morgan fingerprint density at radius 3 is 2.96 bits per heavy atom. The van der Waals surface area contributed by atoms with Crippen molar-refractivity contribution in [2.24, 2.45) is 0 Å². The summed E-state index contributed by atoms with van der Waals surface area (Å²) in [7, 11) is 1.87. The van der Waals surface area contributed by atoms with Crippen LogP contribution in [0.5, 0.6) is 0 Å². The Morgan fingerprint density at radius 1 is 1.23 bits per heavy atom. The van der Waals surface area contributed by atoms with Crippen molar-refractivity contribution < 1.29 is 4.79 Å². The number of carbonyl (C=O) groups excluding carboxylic acids is 1. The molecule has 1 aromatic carbocycles. The summed E-state index contributed by atoms with van der Waals surface area (Å²) in [5.41, 5.74) is 7.61. The molecule has 0 bridgehead atoms. The molecule has 0 saturated heterocycles. The standard InChI is InChI=1S/C22H27N3O/c1-3-11-24-20-6-4-5-17-18(13-23-14-19(17)20)15-7-9-21-16(12-15)8-10-22(26)25(21)2/h7,9,12-14,20,24H,3-6,8,10-11H2,1-2H3/t20-/m1/s1. The number of amides is 1. The van der Waals surface area contributed by atoms with E-state index in [0.717, 1.165) is 31.5 Å². The fourth-order valence-electron chi connectivity index (χ4n) is 4.32. The predicted octanol–water partition coefficient (Wildman–Crippen LogP) is 4.03. The minimum Gasteiger partial charge on any atom is -0.315 e. The molecule has 1 aliphatic carbocycles. The lowest BCUT2D eigenvalue weighted by atomic mass is 9.84. The second kappa shape index (κ2) is 7.20. The van der Waals surface area contributed by atoms with Crippen LogP contribution in [0, 0.1) is 0 Å². The highest BCUT2D eigenvalue weighted by Crippen LogP contribution is 2.37. The molecule has 2 heterocycles. The first-order chi connectivity index (χ1) is 12.7. The van der Waals surface area contributed by atoms with Gasteiger partial charge in [0.25, 0.3) is 0 Å².